The van der Waals surface area contributed by atoms with Crippen LogP contribution in [0.4, 0.5) is 0 Å². The van der Waals surface area contributed by atoms with Gasteiger partial charge in [0.1, 0.15) is 10.9 Å². The topological polar surface area (TPSA) is 76.1 Å². The number of thiocarbonyl (C=S) groups is 1. The molecule has 1 heterocycles. The lowest BCUT2D eigenvalue weighted by atomic mass is 10.2. The molecule has 1 fully saturated rings. The predicted octanol–water partition coefficient (Wildman–Crippen LogP) is 2.56. The molecule has 0 aromatic heterocycles. The number of hydrogen-bond acceptors (Lipinski definition) is 7. The first kappa shape index (κ1) is 18.3. The number of phenolic OH excluding ortho intramolecular Hbond substituents is 1. The minimum Gasteiger partial charge on any atom is -0.504 e. The van der Waals surface area contributed by atoms with E-state index in [1.54, 1.807) is 18.2 Å². The number of hydrogen-bond donors (Lipinski definition) is 1. The number of benzene rings is 1. The number of rotatable bonds is 6. The van der Waals surface area contributed by atoms with Gasteiger partial charge in [0, 0.05) is 0 Å². The van der Waals surface area contributed by atoms with Crippen molar-refractivity contribution in [1.82, 2.24) is 4.90 Å². The van der Waals surface area contributed by atoms with Crippen molar-refractivity contribution < 1.29 is 24.2 Å². The van der Waals surface area contributed by atoms with E-state index in [0.717, 1.165) is 11.8 Å². The molecule has 1 aromatic rings. The first-order chi connectivity index (χ1) is 11.5. The molecule has 1 saturated heterocycles. The van der Waals surface area contributed by atoms with Crippen LogP contribution in [0.3, 0.4) is 0 Å². The lowest BCUT2D eigenvalue weighted by Gasteiger charge is -2.13. The first-order valence-corrected chi connectivity index (χ1v) is 8.46. The number of methoxy groups -OCH3 is 1. The summed E-state index contributed by atoms with van der Waals surface area (Å²) in [4.78, 5) is 25.7. The summed E-state index contributed by atoms with van der Waals surface area (Å²) in [5.41, 5.74) is 0.627. The van der Waals surface area contributed by atoms with Crippen LogP contribution in [0.25, 0.3) is 6.08 Å². The number of carbonyl (C=O) groups is 2. The van der Waals surface area contributed by atoms with Crippen molar-refractivity contribution in [1.29, 1.82) is 0 Å². The zero-order chi connectivity index (χ0) is 17.7. The molecule has 1 N–H and O–H groups in total. The zero-order valence-electron chi connectivity index (χ0n) is 13.3. The number of ether oxygens (including phenoxy) is 2. The van der Waals surface area contributed by atoms with Crippen LogP contribution in [0, 0.1) is 0 Å². The summed E-state index contributed by atoms with van der Waals surface area (Å²) in [5, 5.41) is 9.79. The summed E-state index contributed by atoms with van der Waals surface area (Å²) >= 11 is 6.26. The molecule has 6 nitrogen and oxygen atoms in total. The van der Waals surface area contributed by atoms with Crippen LogP contribution < -0.4 is 4.74 Å². The third kappa shape index (κ3) is 4.27. The Morgan fingerprint density at radius 3 is 2.83 bits per heavy atom. The molecule has 0 spiro atoms. The lowest BCUT2D eigenvalue weighted by molar-refractivity contribution is -0.146. The van der Waals surface area contributed by atoms with Crippen molar-refractivity contribution in [3.05, 3.63) is 28.7 Å². The van der Waals surface area contributed by atoms with Crippen molar-refractivity contribution >= 4 is 46.3 Å². The van der Waals surface area contributed by atoms with Gasteiger partial charge in [0.05, 0.1) is 18.6 Å². The van der Waals surface area contributed by atoms with Crippen LogP contribution in [0.2, 0.25) is 0 Å². The molecule has 0 bridgehead atoms. The molecule has 1 aliphatic heterocycles. The van der Waals surface area contributed by atoms with Crippen LogP contribution in [-0.4, -0.2) is 46.5 Å². The summed E-state index contributed by atoms with van der Waals surface area (Å²) in [6.07, 6.45) is 2.32. The maximum atomic E-state index is 12.4. The standard InChI is InChI=1S/C16H17NO5S2/c1-3-6-22-14(19)9-17-15(20)13(24-16(17)23)8-10-4-5-12(21-2)11(18)7-10/h4-5,7-8,18H,3,6,9H2,1-2H3. The number of aromatic hydroxyl groups is 1. The molecule has 0 aliphatic carbocycles. The molecule has 1 amide bonds. The average molecular weight is 367 g/mol. The number of esters is 1. The molecule has 0 radical (unpaired) electrons. The van der Waals surface area contributed by atoms with Crippen LogP contribution in [-0.2, 0) is 14.3 Å². The first-order valence-electron chi connectivity index (χ1n) is 7.24. The smallest absolute Gasteiger partial charge is 0.326 e. The summed E-state index contributed by atoms with van der Waals surface area (Å²) in [5.74, 6) is -0.520. The Hall–Kier alpha value is -2.06. The Morgan fingerprint density at radius 1 is 1.46 bits per heavy atom. The van der Waals surface area contributed by atoms with Crippen LogP contribution in [0.1, 0.15) is 18.9 Å². The zero-order valence-corrected chi connectivity index (χ0v) is 14.9. The maximum Gasteiger partial charge on any atom is 0.326 e. The quantitative estimate of drug-likeness (QED) is 0.470. The van der Waals surface area contributed by atoms with Gasteiger partial charge < -0.3 is 14.6 Å². The monoisotopic (exact) mass is 367 g/mol. The summed E-state index contributed by atoms with van der Waals surface area (Å²) in [6.45, 7) is 2.00. The molecule has 24 heavy (non-hydrogen) atoms. The molecule has 1 aliphatic rings. The number of phenols is 1. The Labute approximate surface area is 149 Å². The van der Waals surface area contributed by atoms with Crippen molar-refractivity contribution in [2.45, 2.75) is 13.3 Å². The summed E-state index contributed by atoms with van der Waals surface area (Å²) < 4.78 is 10.3. The highest BCUT2D eigenvalue weighted by atomic mass is 32.2. The highest BCUT2D eigenvalue weighted by molar-refractivity contribution is 8.26. The van der Waals surface area contributed by atoms with E-state index in [2.05, 4.69) is 0 Å². The number of nitrogens with zero attached hydrogens (tertiary/aromatic N) is 1. The van der Waals surface area contributed by atoms with E-state index < -0.39 is 5.97 Å². The predicted molar refractivity (Wildman–Crippen MR) is 95.8 cm³/mol. The van der Waals surface area contributed by atoms with Gasteiger partial charge in [-0.2, -0.15) is 0 Å². The second-order valence-corrected chi connectivity index (χ2v) is 6.60. The van der Waals surface area contributed by atoms with Crippen molar-refractivity contribution in [2.75, 3.05) is 20.3 Å². The SMILES string of the molecule is CCCOC(=O)CN1C(=O)C(=Cc2ccc(OC)c(O)c2)SC1=S. The Bertz CT molecular complexity index is 702. The Kier molecular flexibility index (Phi) is 6.22. The van der Waals surface area contributed by atoms with Gasteiger partial charge in [-0.15, -0.1) is 0 Å². The molecular formula is C16H17NO5S2. The van der Waals surface area contributed by atoms with E-state index in [9.17, 15) is 14.7 Å². The van der Waals surface area contributed by atoms with Gasteiger partial charge in [0.25, 0.3) is 5.91 Å². The van der Waals surface area contributed by atoms with Crippen LogP contribution in [0.5, 0.6) is 11.5 Å². The van der Waals surface area contributed by atoms with Crippen molar-refractivity contribution in [2.24, 2.45) is 0 Å². The Balaban J connectivity index is 2.12. The lowest BCUT2D eigenvalue weighted by Crippen LogP contribution is -2.34. The van der Waals surface area contributed by atoms with Gasteiger partial charge in [-0.1, -0.05) is 37.0 Å². The second-order valence-electron chi connectivity index (χ2n) is 4.92. The van der Waals surface area contributed by atoms with E-state index in [0.29, 0.717) is 33.6 Å². The number of thioether (sulfide) groups is 1. The van der Waals surface area contributed by atoms with E-state index in [1.807, 2.05) is 6.92 Å². The van der Waals surface area contributed by atoms with Gasteiger partial charge in [0.15, 0.2) is 11.5 Å². The van der Waals surface area contributed by atoms with E-state index in [4.69, 9.17) is 21.7 Å². The number of amides is 1. The van der Waals surface area contributed by atoms with E-state index in [1.165, 1.54) is 18.1 Å². The minimum atomic E-state index is -0.489. The van der Waals surface area contributed by atoms with E-state index in [-0.39, 0.29) is 18.2 Å². The van der Waals surface area contributed by atoms with E-state index >= 15 is 0 Å². The fourth-order valence-corrected chi connectivity index (χ4v) is 3.23. The van der Waals surface area contributed by atoms with Gasteiger partial charge >= 0.3 is 5.97 Å². The molecule has 2 rings (SSSR count). The molecule has 0 saturated carbocycles. The van der Waals surface area contributed by atoms with Crippen molar-refractivity contribution in [3.8, 4) is 11.5 Å². The number of carbonyl (C=O) groups excluding carboxylic acids is 2. The summed E-state index contributed by atoms with van der Waals surface area (Å²) in [6, 6.07) is 4.80. The van der Waals surface area contributed by atoms with Gasteiger partial charge in [-0.05, 0) is 30.2 Å². The summed E-state index contributed by atoms with van der Waals surface area (Å²) in [7, 11) is 1.46. The van der Waals surface area contributed by atoms with Gasteiger partial charge in [-0.25, -0.2) is 0 Å². The minimum absolute atomic E-state index is 0.0233. The molecule has 0 unspecified atom stereocenters. The molecular weight excluding hydrogens is 350 g/mol. The van der Waals surface area contributed by atoms with Gasteiger partial charge in [0.2, 0.25) is 0 Å². The highest BCUT2D eigenvalue weighted by Crippen LogP contribution is 2.34. The largest absolute Gasteiger partial charge is 0.504 e. The van der Waals surface area contributed by atoms with Crippen LogP contribution in [0.15, 0.2) is 23.1 Å². The second kappa shape index (κ2) is 8.16. The third-order valence-corrected chi connectivity index (χ3v) is 4.51. The highest BCUT2D eigenvalue weighted by Gasteiger charge is 2.33. The fraction of sp³-hybridized carbons (Fsp3) is 0.312. The molecule has 128 valence electrons. The van der Waals surface area contributed by atoms with Crippen molar-refractivity contribution in [3.63, 3.8) is 0 Å². The average Bonchev–Trinajstić information content (AvgIpc) is 2.80. The maximum absolute atomic E-state index is 12.4. The molecule has 1 aromatic carbocycles. The third-order valence-electron chi connectivity index (χ3n) is 3.13. The van der Waals surface area contributed by atoms with Crippen LogP contribution >= 0.6 is 24.0 Å². The van der Waals surface area contributed by atoms with Gasteiger partial charge in [-0.3, -0.25) is 14.5 Å². The molecule has 0 atom stereocenters. The fourth-order valence-electron chi connectivity index (χ4n) is 1.98. The normalized spacial score (nSPS) is 15.9. The molecule has 8 heteroatoms. The Morgan fingerprint density at radius 2 is 2.21 bits per heavy atom.